The molecule has 0 bridgehead atoms. The molecular weight excluding hydrogens is 257 g/mol. The van der Waals surface area contributed by atoms with Gasteiger partial charge in [0.05, 0.1) is 5.75 Å². The smallest absolute Gasteiger partial charge is 0.211 e. The van der Waals surface area contributed by atoms with Crippen molar-refractivity contribution in [2.75, 3.05) is 12.3 Å². The molecule has 0 radical (unpaired) electrons. The molecule has 2 N–H and O–H groups in total. The second kappa shape index (κ2) is 5.77. The van der Waals surface area contributed by atoms with E-state index in [1.807, 2.05) is 0 Å². The fraction of sp³-hybridized carbons (Fsp3) is 0.500. The molecule has 18 heavy (non-hydrogen) atoms. The van der Waals surface area contributed by atoms with Crippen molar-refractivity contribution >= 4 is 10.0 Å². The topological polar surface area (TPSA) is 66.4 Å². The number of nitrogens with one attached hydrogen (secondary N) is 1. The third kappa shape index (κ3) is 4.36. The standard InChI is InChI=1S/C12H18FNO3S/c1-3-8-18(16,17)14-9-12(2,15)10-4-6-11(13)7-5-10/h4-7,14-15H,3,8-9H2,1-2H3. The summed E-state index contributed by atoms with van der Waals surface area (Å²) in [6, 6.07) is 5.32. The van der Waals surface area contributed by atoms with Crippen molar-refractivity contribution in [2.45, 2.75) is 25.9 Å². The minimum absolute atomic E-state index is 0.0203. The first kappa shape index (κ1) is 15.1. The van der Waals surface area contributed by atoms with Crippen LogP contribution in [-0.2, 0) is 15.6 Å². The molecule has 6 heteroatoms. The van der Waals surface area contributed by atoms with Gasteiger partial charge >= 0.3 is 0 Å². The zero-order valence-corrected chi connectivity index (χ0v) is 11.3. The molecule has 0 fully saturated rings. The number of aliphatic hydroxyl groups is 1. The lowest BCUT2D eigenvalue weighted by molar-refractivity contribution is 0.0627. The Hall–Kier alpha value is -0.980. The molecule has 1 aromatic carbocycles. The summed E-state index contributed by atoms with van der Waals surface area (Å²) in [5.41, 5.74) is -0.905. The summed E-state index contributed by atoms with van der Waals surface area (Å²) in [7, 11) is -3.37. The summed E-state index contributed by atoms with van der Waals surface area (Å²) in [4.78, 5) is 0. The molecule has 0 amide bonds. The molecule has 1 atom stereocenters. The Morgan fingerprint density at radius 1 is 1.33 bits per heavy atom. The third-order valence-corrected chi connectivity index (χ3v) is 4.11. The van der Waals surface area contributed by atoms with E-state index in [4.69, 9.17) is 0 Å². The molecule has 4 nitrogen and oxygen atoms in total. The highest BCUT2D eigenvalue weighted by atomic mass is 32.2. The molecule has 0 saturated carbocycles. The molecule has 0 aliphatic rings. The van der Waals surface area contributed by atoms with Crippen LogP contribution in [0, 0.1) is 5.82 Å². The minimum atomic E-state index is -3.37. The molecule has 0 aliphatic heterocycles. The van der Waals surface area contributed by atoms with Crippen LogP contribution in [0.15, 0.2) is 24.3 Å². The van der Waals surface area contributed by atoms with Gasteiger partial charge in [0.25, 0.3) is 0 Å². The summed E-state index contributed by atoms with van der Waals surface area (Å²) in [6.07, 6.45) is 0.508. The highest BCUT2D eigenvalue weighted by Crippen LogP contribution is 2.20. The van der Waals surface area contributed by atoms with E-state index in [2.05, 4.69) is 4.72 Å². The second-order valence-electron chi connectivity index (χ2n) is 4.42. The maximum Gasteiger partial charge on any atom is 0.211 e. The van der Waals surface area contributed by atoms with Crippen molar-refractivity contribution in [3.63, 3.8) is 0 Å². The first-order valence-electron chi connectivity index (χ1n) is 5.72. The molecule has 1 unspecified atom stereocenters. The van der Waals surface area contributed by atoms with Crippen LogP contribution >= 0.6 is 0 Å². The zero-order chi connectivity index (χ0) is 13.8. The monoisotopic (exact) mass is 275 g/mol. The Bertz CT molecular complexity index is 483. The highest BCUT2D eigenvalue weighted by Gasteiger charge is 2.25. The van der Waals surface area contributed by atoms with Gasteiger partial charge in [0.15, 0.2) is 0 Å². The van der Waals surface area contributed by atoms with Crippen LogP contribution < -0.4 is 4.72 Å². The summed E-state index contributed by atoms with van der Waals surface area (Å²) < 4.78 is 38.1. The van der Waals surface area contributed by atoms with Gasteiger partial charge < -0.3 is 5.11 Å². The Balaban J connectivity index is 2.73. The maximum absolute atomic E-state index is 12.8. The van der Waals surface area contributed by atoms with E-state index in [0.717, 1.165) is 0 Å². The summed E-state index contributed by atoms with van der Waals surface area (Å²) in [5.74, 6) is -0.381. The number of hydrogen-bond acceptors (Lipinski definition) is 3. The zero-order valence-electron chi connectivity index (χ0n) is 10.5. The van der Waals surface area contributed by atoms with Gasteiger partial charge in [0.1, 0.15) is 11.4 Å². The van der Waals surface area contributed by atoms with Crippen molar-refractivity contribution in [1.29, 1.82) is 0 Å². The van der Waals surface area contributed by atoms with Gasteiger partial charge in [-0.15, -0.1) is 0 Å². The van der Waals surface area contributed by atoms with E-state index in [9.17, 15) is 17.9 Å². The Kier molecular flexibility index (Phi) is 4.84. The van der Waals surface area contributed by atoms with Gasteiger partial charge in [-0.25, -0.2) is 17.5 Å². The fourth-order valence-electron chi connectivity index (χ4n) is 1.50. The molecule has 1 aromatic rings. The summed E-state index contributed by atoms with van der Waals surface area (Å²) >= 11 is 0. The number of rotatable bonds is 6. The van der Waals surface area contributed by atoms with Crippen LogP contribution in [-0.4, -0.2) is 25.8 Å². The van der Waals surface area contributed by atoms with Crippen molar-refractivity contribution in [1.82, 2.24) is 4.72 Å². The number of halogens is 1. The summed E-state index contributed by atoms with van der Waals surface area (Å²) in [6.45, 7) is 3.10. The lowest BCUT2D eigenvalue weighted by Crippen LogP contribution is -2.39. The number of sulfonamides is 1. The average molecular weight is 275 g/mol. The van der Waals surface area contributed by atoms with Gasteiger partial charge in [0, 0.05) is 6.54 Å². The van der Waals surface area contributed by atoms with Gasteiger partial charge in [-0.1, -0.05) is 19.1 Å². The number of hydrogen-bond donors (Lipinski definition) is 2. The van der Waals surface area contributed by atoms with Crippen molar-refractivity contribution in [2.24, 2.45) is 0 Å². The third-order valence-electron chi connectivity index (χ3n) is 2.58. The van der Waals surface area contributed by atoms with Crippen LogP contribution in [0.1, 0.15) is 25.8 Å². The maximum atomic E-state index is 12.8. The summed E-state index contributed by atoms with van der Waals surface area (Å²) in [5, 5.41) is 10.2. The minimum Gasteiger partial charge on any atom is -0.384 e. The lowest BCUT2D eigenvalue weighted by atomic mass is 9.96. The number of benzene rings is 1. The predicted octanol–water partition coefficient (Wildman–Crippen LogP) is 1.36. The lowest BCUT2D eigenvalue weighted by Gasteiger charge is -2.24. The largest absolute Gasteiger partial charge is 0.384 e. The van der Waals surface area contributed by atoms with Crippen molar-refractivity contribution in [3.8, 4) is 0 Å². The molecule has 0 aromatic heterocycles. The van der Waals surface area contributed by atoms with Crippen molar-refractivity contribution < 1.29 is 17.9 Å². The van der Waals surface area contributed by atoms with Gasteiger partial charge in [-0.05, 0) is 31.0 Å². The molecule has 0 heterocycles. The second-order valence-corrected chi connectivity index (χ2v) is 6.35. The van der Waals surface area contributed by atoms with Gasteiger partial charge in [0.2, 0.25) is 10.0 Å². The Morgan fingerprint density at radius 3 is 2.39 bits per heavy atom. The molecule has 0 spiro atoms. The fourth-order valence-corrected chi connectivity index (χ4v) is 2.69. The van der Waals surface area contributed by atoms with Gasteiger partial charge in [-0.2, -0.15) is 0 Å². The van der Waals surface area contributed by atoms with Crippen LogP contribution in [0.2, 0.25) is 0 Å². The molecule has 0 aliphatic carbocycles. The Morgan fingerprint density at radius 2 is 1.89 bits per heavy atom. The van der Waals surface area contributed by atoms with E-state index >= 15 is 0 Å². The average Bonchev–Trinajstić information content (AvgIpc) is 2.27. The molecule has 102 valence electrons. The molecular formula is C12H18FNO3S. The van der Waals surface area contributed by atoms with E-state index in [-0.39, 0.29) is 12.3 Å². The predicted molar refractivity (Wildman–Crippen MR) is 68.1 cm³/mol. The normalized spacial score (nSPS) is 15.3. The van der Waals surface area contributed by atoms with E-state index in [1.165, 1.54) is 31.2 Å². The molecule has 1 rings (SSSR count). The van der Waals surface area contributed by atoms with Crippen LogP contribution in [0.25, 0.3) is 0 Å². The van der Waals surface area contributed by atoms with Crippen LogP contribution in [0.3, 0.4) is 0 Å². The molecule has 0 saturated heterocycles. The van der Waals surface area contributed by atoms with Crippen LogP contribution in [0.4, 0.5) is 4.39 Å². The highest BCUT2D eigenvalue weighted by molar-refractivity contribution is 7.89. The SMILES string of the molecule is CCCS(=O)(=O)NCC(C)(O)c1ccc(F)cc1. The van der Waals surface area contributed by atoms with Gasteiger partial charge in [-0.3, -0.25) is 0 Å². The van der Waals surface area contributed by atoms with Crippen molar-refractivity contribution in [3.05, 3.63) is 35.6 Å². The quantitative estimate of drug-likeness (QED) is 0.824. The first-order valence-corrected chi connectivity index (χ1v) is 7.38. The van der Waals surface area contributed by atoms with E-state index in [1.54, 1.807) is 6.92 Å². The van der Waals surface area contributed by atoms with E-state index < -0.39 is 21.4 Å². The van der Waals surface area contributed by atoms with E-state index in [0.29, 0.717) is 12.0 Å². The first-order chi connectivity index (χ1) is 8.27. The van der Waals surface area contributed by atoms with Crippen LogP contribution in [0.5, 0.6) is 0 Å². The Labute approximate surface area is 107 Å².